The van der Waals surface area contributed by atoms with Crippen LogP contribution in [0.4, 0.5) is 8.78 Å². The molecule has 96 valence electrons. The SMILES string of the molecule is O=C(NCCP(=O)([O-])[O-])C(F)(F)P(=O)([O-])[O-]. The first-order valence-electron chi connectivity index (χ1n) is 3.57. The Balaban J connectivity index is 4.39. The van der Waals surface area contributed by atoms with Gasteiger partial charge in [-0.05, 0) is 6.16 Å². The summed E-state index contributed by atoms with van der Waals surface area (Å²) in [5, 5.41) is 1.15. The van der Waals surface area contributed by atoms with E-state index < -0.39 is 39.5 Å². The molecule has 1 N–H and O–H groups in total. The second-order valence-corrected chi connectivity index (χ2v) is 5.85. The van der Waals surface area contributed by atoms with Crippen molar-refractivity contribution in [2.24, 2.45) is 0 Å². The van der Waals surface area contributed by atoms with Gasteiger partial charge >= 0.3 is 5.66 Å². The summed E-state index contributed by atoms with van der Waals surface area (Å²) < 4.78 is 44.8. The fourth-order valence-electron chi connectivity index (χ4n) is 0.537. The molecule has 0 radical (unpaired) electrons. The smallest absolute Gasteiger partial charge is 0.347 e. The van der Waals surface area contributed by atoms with Crippen LogP contribution < -0.4 is 24.9 Å². The highest BCUT2D eigenvalue weighted by atomic mass is 31.2. The highest BCUT2D eigenvalue weighted by Gasteiger charge is 2.42. The molecule has 0 unspecified atom stereocenters. The molecule has 0 heterocycles. The molecule has 0 saturated carbocycles. The molecule has 0 rings (SSSR count). The molecule has 0 aromatic rings. The lowest BCUT2D eigenvalue weighted by Crippen LogP contribution is -2.46. The molecule has 0 fully saturated rings. The van der Waals surface area contributed by atoms with Crippen LogP contribution in [0.1, 0.15) is 0 Å². The third kappa shape index (κ3) is 4.65. The highest BCUT2D eigenvalue weighted by Crippen LogP contribution is 2.45. The van der Waals surface area contributed by atoms with Crippen LogP contribution in [0.2, 0.25) is 0 Å². The molecule has 0 bridgehead atoms. The van der Waals surface area contributed by atoms with Crippen molar-refractivity contribution in [1.29, 1.82) is 0 Å². The molecule has 0 saturated heterocycles. The number of rotatable bonds is 5. The van der Waals surface area contributed by atoms with E-state index in [0.717, 1.165) is 5.32 Å². The first kappa shape index (κ1) is 15.6. The fraction of sp³-hybridized carbons (Fsp3) is 0.750. The Bertz CT molecular complexity index is 359. The van der Waals surface area contributed by atoms with Gasteiger partial charge in [0, 0.05) is 14.1 Å². The van der Waals surface area contributed by atoms with Crippen LogP contribution in [0.25, 0.3) is 0 Å². The predicted octanol–water partition coefficient (Wildman–Crippen LogP) is -3.48. The number of carbonyl (C=O) groups excluding carboxylic acids is 1. The van der Waals surface area contributed by atoms with Gasteiger partial charge in [-0.15, -0.1) is 0 Å². The van der Waals surface area contributed by atoms with Crippen molar-refractivity contribution in [3.05, 3.63) is 0 Å². The first-order valence-corrected chi connectivity index (χ1v) is 6.84. The zero-order valence-corrected chi connectivity index (χ0v) is 9.21. The summed E-state index contributed by atoms with van der Waals surface area (Å²) in [5.41, 5.74) is -5.18. The number of halogens is 2. The Morgan fingerprint density at radius 2 is 1.62 bits per heavy atom. The molecule has 0 aliphatic carbocycles. The van der Waals surface area contributed by atoms with Crippen molar-refractivity contribution < 1.29 is 42.3 Å². The summed E-state index contributed by atoms with van der Waals surface area (Å²) in [6.07, 6.45) is -1.17. The molecule has 8 nitrogen and oxygen atoms in total. The van der Waals surface area contributed by atoms with Gasteiger partial charge in [0.1, 0.15) is 0 Å². The van der Waals surface area contributed by atoms with Crippen LogP contribution in [-0.2, 0) is 13.9 Å². The van der Waals surface area contributed by atoms with E-state index >= 15 is 0 Å². The quantitative estimate of drug-likeness (QED) is 0.512. The Labute approximate surface area is 88.0 Å². The summed E-state index contributed by atoms with van der Waals surface area (Å²) in [6.45, 7) is -1.00. The van der Waals surface area contributed by atoms with Gasteiger partial charge in [0.15, 0.2) is 0 Å². The second-order valence-electron chi connectivity index (χ2n) is 2.63. The van der Waals surface area contributed by atoms with E-state index in [0.29, 0.717) is 0 Å². The Hall–Kier alpha value is -0.370. The monoisotopic (exact) mass is 279 g/mol. The Kier molecular flexibility index (Phi) is 4.75. The van der Waals surface area contributed by atoms with Gasteiger partial charge < -0.3 is 34.0 Å². The topological polar surface area (TPSA) is 155 Å². The molecule has 12 heteroatoms. The zero-order chi connectivity index (χ0) is 13.2. The van der Waals surface area contributed by atoms with Gasteiger partial charge in [-0.2, -0.15) is 8.78 Å². The van der Waals surface area contributed by atoms with Crippen LogP contribution in [0.15, 0.2) is 0 Å². The third-order valence-electron chi connectivity index (χ3n) is 1.29. The second kappa shape index (κ2) is 4.87. The maximum absolute atomic E-state index is 12.4. The average molecular weight is 279 g/mol. The van der Waals surface area contributed by atoms with Crippen molar-refractivity contribution in [2.45, 2.75) is 5.66 Å². The zero-order valence-electron chi connectivity index (χ0n) is 7.42. The van der Waals surface area contributed by atoms with Crippen LogP contribution in [0, 0.1) is 0 Å². The number of nitrogens with one attached hydrogen (secondary N) is 1. The van der Waals surface area contributed by atoms with E-state index in [1.165, 1.54) is 0 Å². The van der Waals surface area contributed by atoms with Gasteiger partial charge in [0.05, 0.1) is 0 Å². The van der Waals surface area contributed by atoms with Crippen LogP contribution >= 0.6 is 15.2 Å². The van der Waals surface area contributed by atoms with E-state index in [2.05, 4.69) is 0 Å². The number of carbonyl (C=O) groups is 1. The molecule has 1 amide bonds. The summed E-state index contributed by atoms with van der Waals surface area (Å²) in [5.74, 6) is -2.46. The normalized spacial score (nSPS) is 13.6. The molecular formula is C4H5F2NO7P2-4. The Morgan fingerprint density at radius 3 is 1.94 bits per heavy atom. The minimum atomic E-state index is -6.48. The van der Waals surface area contributed by atoms with Crippen molar-refractivity contribution in [1.82, 2.24) is 5.32 Å². The summed E-state index contributed by atoms with van der Waals surface area (Å²) in [4.78, 5) is 50.4. The molecule has 0 atom stereocenters. The van der Waals surface area contributed by atoms with E-state index in [-0.39, 0.29) is 0 Å². The van der Waals surface area contributed by atoms with Crippen molar-refractivity contribution in [3.8, 4) is 0 Å². The van der Waals surface area contributed by atoms with Crippen molar-refractivity contribution in [2.75, 3.05) is 12.7 Å². The van der Waals surface area contributed by atoms with E-state index in [4.69, 9.17) is 0 Å². The maximum atomic E-state index is 12.4. The van der Waals surface area contributed by atoms with Crippen LogP contribution in [-0.4, -0.2) is 24.3 Å². The molecule has 0 aliphatic heterocycles. The number of hydrogen-bond donors (Lipinski definition) is 1. The third-order valence-corrected chi connectivity index (χ3v) is 2.95. The van der Waals surface area contributed by atoms with E-state index in [9.17, 15) is 42.3 Å². The lowest BCUT2D eigenvalue weighted by molar-refractivity contribution is -0.330. The fourth-order valence-corrected chi connectivity index (χ4v) is 1.25. The molecule has 0 spiro atoms. The van der Waals surface area contributed by atoms with Crippen molar-refractivity contribution >= 4 is 21.1 Å². The average Bonchev–Trinajstić information content (AvgIpc) is 1.99. The highest BCUT2D eigenvalue weighted by molar-refractivity contribution is 7.51. The van der Waals surface area contributed by atoms with Gasteiger partial charge in [0.25, 0.3) is 5.91 Å². The maximum Gasteiger partial charge on any atom is 0.347 e. The van der Waals surface area contributed by atoms with Gasteiger partial charge in [-0.1, -0.05) is 7.60 Å². The van der Waals surface area contributed by atoms with Crippen LogP contribution in [0.3, 0.4) is 0 Å². The van der Waals surface area contributed by atoms with Gasteiger partial charge in [0.2, 0.25) is 0 Å². The molecular weight excluding hydrogens is 274 g/mol. The molecule has 0 aromatic heterocycles. The number of amides is 1. The molecule has 0 aromatic carbocycles. The first-order chi connectivity index (χ1) is 6.88. The molecule has 16 heavy (non-hydrogen) atoms. The van der Waals surface area contributed by atoms with Gasteiger partial charge in [-0.25, -0.2) is 0 Å². The minimum absolute atomic E-state index is 1.00. The standard InChI is InChI=1S/C4H9F2NO7P2/c5-4(6,16(12,13)14)3(8)7-1-2-15(9,10)11/h1-2H2,(H,7,8)(H2,9,10,11)(H2,12,13,14)/p-4. The summed E-state index contributed by atoms with van der Waals surface area (Å²) in [7, 11) is -11.5. The van der Waals surface area contributed by atoms with E-state index in [1.807, 2.05) is 0 Å². The lowest BCUT2D eigenvalue weighted by Gasteiger charge is -2.36. The van der Waals surface area contributed by atoms with Crippen molar-refractivity contribution in [3.63, 3.8) is 0 Å². The van der Waals surface area contributed by atoms with E-state index in [1.54, 1.807) is 0 Å². The molecule has 0 aliphatic rings. The number of alkyl halides is 2. The van der Waals surface area contributed by atoms with Gasteiger partial charge in [-0.3, -0.25) is 4.79 Å². The summed E-state index contributed by atoms with van der Waals surface area (Å²) in [6, 6.07) is 0. The predicted molar refractivity (Wildman–Crippen MR) is 38.0 cm³/mol. The Morgan fingerprint density at radius 1 is 1.19 bits per heavy atom. The lowest BCUT2D eigenvalue weighted by atomic mass is 10.6. The minimum Gasteiger partial charge on any atom is -0.811 e. The van der Waals surface area contributed by atoms with Crippen LogP contribution in [0.5, 0.6) is 0 Å². The largest absolute Gasteiger partial charge is 0.811 e. The number of hydrogen-bond acceptors (Lipinski definition) is 7. The summed E-state index contributed by atoms with van der Waals surface area (Å²) >= 11 is 0.